The summed E-state index contributed by atoms with van der Waals surface area (Å²) in [7, 11) is 0. The minimum Gasteiger partial charge on any atom is -0.481 e. The van der Waals surface area contributed by atoms with Crippen molar-refractivity contribution >= 4 is 17.7 Å². The van der Waals surface area contributed by atoms with Gasteiger partial charge in [0, 0.05) is 24.7 Å². The van der Waals surface area contributed by atoms with Crippen molar-refractivity contribution in [3.05, 3.63) is 30.1 Å². The molecule has 5 nitrogen and oxygen atoms in total. The molecule has 0 bridgehead atoms. The van der Waals surface area contributed by atoms with E-state index >= 15 is 0 Å². The Morgan fingerprint density at radius 2 is 2.16 bits per heavy atom. The largest absolute Gasteiger partial charge is 0.481 e. The van der Waals surface area contributed by atoms with E-state index in [1.807, 2.05) is 0 Å². The molecular weight excluding hydrogens is 251 g/mol. The van der Waals surface area contributed by atoms with Crippen LogP contribution in [0.5, 0.6) is 0 Å². The molecule has 0 saturated carbocycles. The maximum atomic E-state index is 12.9. The molecule has 1 heterocycles. The van der Waals surface area contributed by atoms with E-state index in [4.69, 9.17) is 5.11 Å². The van der Waals surface area contributed by atoms with E-state index in [0.29, 0.717) is 18.8 Å². The summed E-state index contributed by atoms with van der Waals surface area (Å²) >= 11 is 0. The Bertz CT molecular complexity index is 500. The highest BCUT2D eigenvalue weighted by Gasteiger charge is 2.37. The van der Waals surface area contributed by atoms with Crippen LogP contribution in [0.15, 0.2) is 24.3 Å². The Morgan fingerprint density at radius 3 is 2.74 bits per heavy atom. The molecule has 1 fully saturated rings. The van der Waals surface area contributed by atoms with Crippen molar-refractivity contribution in [1.82, 2.24) is 4.90 Å². The van der Waals surface area contributed by atoms with Crippen molar-refractivity contribution in [3.8, 4) is 0 Å². The lowest BCUT2D eigenvalue weighted by Crippen LogP contribution is -2.54. The van der Waals surface area contributed by atoms with E-state index in [2.05, 4.69) is 5.32 Å². The molecule has 1 aliphatic heterocycles. The van der Waals surface area contributed by atoms with Crippen LogP contribution in [-0.2, 0) is 4.79 Å². The number of benzene rings is 1. The van der Waals surface area contributed by atoms with Gasteiger partial charge in [-0.25, -0.2) is 9.18 Å². The first-order chi connectivity index (χ1) is 8.97. The molecule has 2 N–H and O–H groups in total. The van der Waals surface area contributed by atoms with Gasteiger partial charge in [0.2, 0.25) is 0 Å². The number of aliphatic carboxylic acids is 1. The van der Waals surface area contributed by atoms with Gasteiger partial charge in [-0.15, -0.1) is 0 Å². The Kier molecular flexibility index (Phi) is 3.69. The van der Waals surface area contributed by atoms with Gasteiger partial charge in [0.05, 0.1) is 5.92 Å². The number of nitrogens with zero attached hydrogens (tertiary/aromatic N) is 1. The molecule has 1 aromatic rings. The second-order valence-electron chi connectivity index (χ2n) is 4.73. The predicted molar refractivity (Wildman–Crippen MR) is 67.3 cm³/mol. The first-order valence-corrected chi connectivity index (χ1v) is 6.01. The number of halogens is 1. The number of hydrogen-bond donors (Lipinski definition) is 2. The average Bonchev–Trinajstić information content (AvgIpc) is 2.26. The Balaban J connectivity index is 1.85. The summed E-state index contributed by atoms with van der Waals surface area (Å²) in [4.78, 5) is 24.1. The van der Waals surface area contributed by atoms with Gasteiger partial charge in [0.25, 0.3) is 0 Å². The highest BCUT2D eigenvalue weighted by Crippen LogP contribution is 2.24. The normalized spacial score (nSPS) is 16.6. The van der Waals surface area contributed by atoms with Gasteiger partial charge in [0.1, 0.15) is 5.82 Å². The molecule has 1 atom stereocenters. The van der Waals surface area contributed by atoms with Crippen LogP contribution in [0.1, 0.15) is 6.92 Å². The third kappa shape index (κ3) is 3.01. The SMILES string of the molecule is CC(C(=O)O)C1CN(C(=O)Nc2cccc(F)c2)C1. The molecule has 0 aromatic heterocycles. The van der Waals surface area contributed by atoms with Crippen LogP contribution in [0.2, 0.25) is 0 Å². The summed E-state index contributed by atoms with van der Waals surface area (Å²) in [5.41, 5.74) is 0.389. The van der Waals surface area contributed by atoms with Crippen LogP contribution in [0.4, 0.5) is 14.9 Å². The number of nitrogens with one attached hydrogen (secondary N) is 1. The molecule has 2 amide bonds. The van der Waals surface area contributed by atoms with Crippen molar-refractivity contribution in [2.45, 2.75) is 6.92 Å². The zero-order valence-corrected chi connectivity index (χ0v) is 10.5. The molecule has 102 valence electrons. The molecule has 1 aromatic carbocycles. The predicted octanol–water partition coefficient (Wildman–Crippen LogP) is 2.01. The maximum absolute atomic E-state index is 12.9. The average molecular weight is 266 g/mol. The lowest BCUT2D eigenvalue weighted by Gasteiger charge is -2.41. The smallest absolute Gasteiger partial charge is 0.321 e. The van der Waals surface area contributed by atoms with Crippen LogP contribution in [0.3, 0.4) is 0 Å². The number of urea groups is 1. The summed E-state index contributed by atoms with van der Waals surface area (Å²) in [5.74, 6) is -1.75. The number of hydrogen-bond acceptors (Lipinski definition) is 2. The number of carbonyl (C=O) groups excluding carboxylic acids is 1. The van der Waals surface area contributed by atoms with Gasteiger partial charge >= 0.3 is 12.0 Å². The first-order valence-electron chi connectivity index (χ1n) is 6.01. The van der Waals surface area contributed by atoms with Gasteiger partial charge in [-0.1, -0.05) is 13.0 Å². The maximum Gasteiger partial charge on any atom is 0.321 e. The van der Waals surface area contributed by atoms with E-state index in [-0.39, 0.29) is 11.9 Å². The third-order valence-electron chi connectivity index (χ3n) is 3.37. The molecule has 0 spiro atoms. The topological polar surface area (TPSA) is 69.6 Å². The van der Waals surface area contributed by atoms with E-state index < -0.39 is 17.7 Å². The molecule has 1 aliphatic rings. The van der Waals surface area contributed by atoms with Crippen molar-refractivity contribution in [3.63, 3.8) is 0 Å². The van der Waals surface area contributed by atoms with Crippen LogP contribution in [0, 0.1) is 17.7 Å². The van der Waals surface area contributed by atoms with Crippen molar-refractivity contribution < 1.29 is 19.1 Å². The zero-order chi connectivity index (χ0) is 14.0. The standard InChI is InChI=1S/C13H15FN2O3/c1-8(12(17)18)9-6-16(7-9)13(19)15-11-4-2-3-10(14)5-11/h2-5,8-9H,6-7H2,1H3,(H,15,19)(H,17,18). The molecule has 0 aliphatic carbocycles. The third-order valence-corrected chi connectivity index (χ3v) is 3.37. The lowest BCUT2D eigenvalue weighted by molar-refractivity contribution is -0.144. The minimum absolute atomic E-state index is 0.0178. The summed E-state index contributed by atoms with van der Waals surface area (Å²) in [6.45, 7) is 2.46. The van der Waals surface area contributed by atoms with Gasteiger partial charge in [-0.2, -0.15) is 0 Å². The lowest BCUT2D eigenvalue weighted by atomic mass is 9.87. The molecule has 1 unspecified atom stereocenters. The highest BCUT2D eigenvalue weighted by atomic mass is 19.1. The zero-order valence-electron chi connectivity index (χ0n) is 10.5. The van der Waals surface area contributed by atoms with Crippen LogP contribution >= 0.6 is 0 Å². The van der Waals surface area contributed by atoms with Gasteiger partial charge in [0.15, 0.2) is 0 Å². The van der Waals surface area contributed by atoms with Gasteiger partial charge < -0.3 is 15.3 Å². The number of rotatable bonds is 3. The molecule has 6 heteroatoms. The van der Waals surface area contributed by atoms with E-state index in [1.165, 1.54) is 23.1 Å². The van der Waals surface area contributed by atoms with Crippen LogP contribution < -0.4 is 5.32 Å². The van der Waals surface area contributed by atoms with Gasteiger partial charge in [-0.05, 0) is 18.2 Å². The molecule has 0 radical (unpaired) electrons. The van der Waals surface area contributed by atoms with E-state index in [9.17, 15) is 14.0 Å². The molecule has 2 rings (SSSR count). The fraction of sp³-hybridized carbons (Fsp3) is 0.385. The number of anilines is 1. The van der Waals surface area contributed by atoms with Crippen LogP contribution in [0.25, 0.3) is 0 Å². The van der Waals surface area contributed by atoms with Gasteiger partial charge in [-0.3, -0.25) is 4.79 Å². The van der Waals surface area contributed by atoms with E-state index in [1.54, 1.807) is 13.0 Å². The Morgan fingerprint density at radius 1 is 1.47 bits per heavy atom. The Hall–Kier alpha value is -2.11. The Labute approximate surface area is 110 Å². The number of likely N-dealkylation sites (tertiary alicyclic amines) is 1. The highest BCUT2D eigenvalue weighted by molar-refractivity contribution is 5.90. The fourth-order valence-corrected chi connectivity index (χ4v) is 1.97. The molecule has 1 saturated heterocycles. The monoisotopic (exact) mass is 266 g/mol. The van der Waals surface area contributed by atoms with Crippen molar-refractivity contribution in [2.24, 2.45) is 11.8 Å². The summed E-state index contributed by atoms with van der Waals surface area (Å²) in [6, 6.07) is 5.30. The summed E-state index contributed by atoms with van der Waals surface area (Å²) in [6.07, 6.45) is 0. The van der Waals surface area contributed by atoms with E-state index in [0.717, 1.165) is 0 Å². The number of carboxylic acids is 1. The number of carboxylic acid groups (broad SMARTS) is 1. The second kappa shape index (κ2) is 5.26. The fourth-order valence-electron chi connectivity index (χ4n) is 1.97. The van der Waals surface area contributed by atoms with Crippen LogP contribution in [-0.4, -0.2) is 35.1 Å². The minimum atomic E-state index is -0.852. The second-order valence-corrected chi connectivity index (χ2v) is 4.73. The summed E-state index contributed by atoms with van der Waals surface area (Å²) in [5, 5.41) is 11.4. The van der Waals surface area contributed by atoms with Crippen molar-refractivity contribution in [2.75, 3.05) is 18.4 Å². The van der Waals surface area contributed by atoms with Crippen molar-refractivity contribution in [1.29, 1.82) is 0 Å². The first kappa shape index (κ1) is 13.3. The molecular formula is C13H15FN2O3. The number of amides is 2. The quantitative estimate of drug-likeness (QED) is 0.879. The molecule has 19 heavy (non-hydrogen) atoms. The summed E-state index contributed by atoms with van der Waals surface area (Å²) < 4.78 is 12.9. The number of carbonyl (C=O) groups is 2.